The van der Waals surface area contributed by atoms with Gasteiger partial charge < -0.3 is 24.0 Å². The summed E-state index contributed by atoms with van der Waals surface area (Å²) in [6.45, 7) is 2.81. The Morgan fingerprint density at radius 3 is 2.71 bits per heavy atom. The van der Waals surface area contributed by atoms with Gasteiger partial charge in [0.05, 0.1) is 24.3 Å². The number of ether oxygens (including phenoxy) is 2. The van der Waals surface area contributed by atoms with Crippen LogP contribution in [0.2, 0.25) is 0 Å². The van der Waals surface area contributed by atoms with Gasteiger partial charge in [-0.25, -0.2) is 19.2 Å². The van der Waals surface area contributed by atoms with E-state index >= 15 is 0 Å². The van der Waals surface area contributed by atoms with E-state index in [9.17, 15) is 14.3 Å². The summed E-state index contributed by atoms with van der Waals surface area (Å²) in [6, 6.07) is 14.9. The molecule has 0 bridgehead atoms. The largest absolute Gasteiger partial charge is 0.477 e. The molecule has 2 saturated heterocycles. The van der Waals surface area contributed by atoms with Crippen molar-refractivity contribution in [3.8, 4) is 11.9 Å². The van der Waals surface area contributed by atoms with Gasteiger partial charge in [0.2, 0.25) is 5.88 Å². The van der Waals surface area contributed by atoms with Gasteiger partial charge in [-0.15, -0.1) is 0 Å². The number of carboxylic acids is 1. The van der Waals surface area contributed by atoms with Crippen molar-refractivity contribution < 1.29 is 23.8 Å². The third-order valence-electron chi connectivity index (χ3n) is 7.35. The number of hydrogen-bond acceptors (Lipinski definition) is 8. The average molecular weight is 555 g/mol. The number of carboxylic acid groups (broad SMARTS) is 1. The summed E-state index contributed by atoms with van der Waals surface area (Å²) in [5.74, 6) is 0.366. The molecule has 0 radical (unpaired) electrons. The van der Waals surface area contributed by atoms with E-state index in [1.165, 1.54) is 17.7 Å². The fraction of sp³-hybridized carbons (Fsp3) is 0.300. The van der Waals surface area contributed by atoms with Gasteiger partial charge in [-0.1, -0.05) is 17.7 Å². The first-order valence-corrected chi connectivity index (χ1v) is 13.4. The number of rotatable bonds is 8. The van der Waals surface area contributed by atoms with E-state index in [0.717, 1.165) is 50.6 Å². The number of halogens is 1. The molecule has 0 spiro atoms. The second-order valence-electron chi connectivity index (χ2n) is 10.0. The molecule has 1 atom stereocenters. The number of anilines is 1. The Balaban J connectivity index is 1.14. The van der Waals surface area contributed by atoms with Gasteiger partial charge >= 0.3 is 5.97 Å². The maximum atomic E-state index is 14.2. The summed E-state index contributed by atoms with van der Waals surface area (Å²) in [7, 11) is 0. The second kappa shape index (κ2) is 11.3. The molecule has 4 aromatic rings. The maximum Gasteiger partial charge on any atom is 0.354 e. The van der Waals surface area contributed by atoms with Gasteiger partial charge in [-0.2, -0.15) is 10.2 Å². The molecule has 2 aliphatic rings. The van der Waals surface area contributed by atoms with Crippen LogP contribution in [-0.4, -0.2) is 56.4 Å². The molecule has 0 saturated carbocycles. The third kappa shape index (κ3) is 5.73. The summed E-state index contributed by atoms with van der Waals surface area (Å²) in [5.41, 5.74) is 3.04. The first kappa shape index (κ1) is 26.4. The van der Waals surface area contributed by atoms with E-state index in [2.05, 4.69) is 20.9 Å². The molecule has 208 valence electrons. The number of fused-ring (bicyclic) bond motifs is 1. The lowest BCUT2D eigenvalue weighted by Crippen LogP contribution is -2.32. The lowest BCUT2D eigenvalue weighted by atomic mass is 10.0. The van der Waals surface area contributed by atoms with Crippen LogP contribution >= 0.6 is 0 Å². The van der Waals surface area contributed by atoms with E-state index in [1.54, 1.807) is 24.3 Å². The number of nitriles is 1. The summed E-state index contributed by atoms with van der Waals surface area (Å²) in [5, 5.41) is 18.3. The molecule has 6 rings (SSSR count). The highest BCUT2D eigenvalue weighted by Gasteiger charge is 2.23. The molecular formula is C30H27FN6O4. The molecule has 1 N–H and O–H groups in total. The quantitative estimate of drug-likeness (QED) is 0.333. The van der Waals surface area contributed by atoms with Gasteiger partial charge in [-0.05, 0) is 55.7 Å². The fourth-order valence-corrected chi connectivity index (χ4v) is 4.96. The van der Waals surface area contributed by atoms with Crippen LogP contribution in [-0.2, 0) is 17.9 Å². The number of nitrogens with zero attached hydrogens (tertiary/aromatic N) is 6. The molecule has 3 aromatic heterocycles. The second-order valence-corrected chi connectivity index (χ2v) is 10.0. The van der Waals surface area contributed by atoms with Crippen LogP contribution in [0, 0.1) is 17.1 Å². The van der Waals surface area contributed by atoms with Crippen LogP contribution in [0.3, 0.4) is 0 Å². The van der Waals surface area contributed by atoms with Gasteiger partial charge in [0, 0.05) is 31.3 Å². The summed E-state index contributed by atoms with van der Waals surface area (Å²) >= 11 is 0. The zero-order valence-corrected chi connectivity index (χ0v) is 22.2. The monoisotopic (exact) mass is 554 g/mol. The van der Waals surface area contributed by atoms with Gasteiger partial charge in [0.1, 0.15) is 29.6 Å². The maximum absolute atomic E-state index is 14.2. The van der Waals surface area contributed by atoms with E-state index in [1.807, 2.05) is 22.8 Å². The molecule has 0 unspecified atom stereocenters. The molecule has 0 aliphatic carbocycles. The third-order valence-corrected chi connectivity index (χ3v) is 7.35. The first-order chi connectivity index (χ1) is 20.0. The van der Waals surface area contributed by atoms with Crippen LogP contribution < -0.4 is 9.64 Å². The topological polar surface area (TPSA) is 126 Å². The Kier molecular flexibility index (Phi) is 7.31. The Labute approximate surface area is 235 Å². The molecule has 0 amide bonds. The Morgan fingerprint density at radius 1 is 1.17 bits per heavy atom. The standard InChI is InChI=1S/C30H27FN6O4/c31-23-14-20(16-32)4-5-21(23)18-41-28-3-1-2-26(35-28)36-11-8-19(9-12-36)15-27-33-24-6-7-25(30(38)39)34-29(24)37(27)17-22-10-13-40-22/h1-7,14-15,22H,8-13,17-18H2,(H,38,39)/t22-/m0/s1. The van der Waals surface area contributed by atoms with Gasteiger partial charge in [0.15, 0.2) is 11.3 Å². The molecule has 11 heteroatoms. The highest BCUT2D eigenvalue weighted by Crippen LogP contribution is 2.27. The van der Waals surface area contributed by atoms with E-state index < -0.39 is 11.8 Å². The minimum atomic E-state index is -1.07. The van der Waals surface area contributed by atoms with Crippen molar-refractivity contribution in [2.45, 2.75) is 38.5 Å². The van der Waals surface area contributed by atoms with Gasteiger partial charge in [-0.3, -0.25) is 0 Å². The number of hydrogen-bond donors (Lipinski definition) is 1. The van der Waals surface area contributed by atoms with Crippen molar-refractivity contribution in [3.05, 3.63) is 82.6 Å². The minimum Gasteiger partial charge on any atom is -0.477 e. The Hall–Kier alpha value is -4.82. The van der Waals surface area contributed by atoms with Crippen molar-refractivity contribution in [3.63, 3.8) is 0 Å². The minimum absolute atomic E-state index is 0.0105. The van der Waals surface area contributed by atoms with Gasteiger partial charge in [0.25, 0.3) is 0 Å². The Bertz CT molecular complexity index is 1680. The van der Waals surface area contributed by atoms with Crippen LogP contribution in [0.4, 0.5) is 10.2 Å². The number of aromatic carboxylic acids is 1. The van der Waals surface area contributed by atoms with Crippen LogP contribution in [0.5, 0.6) is 5.88 Å². The number of piperidine rings is 1. The molecule has 5 heterocycles. The fourth-order valence-electron chi connectivity index (χ4n) is 4.96. The molecule has 2 aliphatic heterocycles. The predicted molar refractivity (Wildman–Crippen MR) is 148 cm³/mol. The van der Waals surface area contributed by atoms with Crippen LogP contribution in [0.25, 0.3) is 17.2 Å². The summed E-state index contributed by atoms with van der Waals surface area (Å²) in [6.07, 6.45) is 4.70. The average Bonchev–Trinajstić information content (AvgIpc) is 3.30. The number of imidazole rings is 1. The highest BCUT2D eigenvalue weighted by atomic mass is 19.1. The summed E-state index contributed by atoms with van der Waals surface area (Å²) in [4.78, 5) is 27.4. The predicted octanol–water partition coefficient (Wildman–Crippen LogP) is 4.59. The SMILES string of the molecule is N#Cc1ccc(COc2cccc(N3CCC(=Cc4nc5ccc(C(=O)O)nc5n4C[C@@H]4CCO4)CC3)n2)c(F)c1. The molecular weight excluding hydrogens is 527 g/mol. The number of carbonyl (C=O) groups is 1. The normalized spacial score (nSPS) is 16.7. The highest BCUT2D eigenvalue weighted by molar-refractivity contribution is 5.88. The number of pyridine rings is 2. The van der Waals surface area contributed by atoms with Crippen LogP contribution in [0.15, 0.2) is 54.1 Å². The van der Waals surface area contributed by atoms with E-state index in [0.29, 0.717) is 29.2 Å². The van der Waals surface area contributed by atoms with Crippen molar-refractivity contribution in [1.29, 1.82) is 5.26 Å². The Morgan fingerprint density at radius 2 is 2.00 bits per heavy atom. The zero-order valence-electron chi connectivity index (χ0n) is 22.2. The van der Waals surface area contributed by atoms with Crippen molar-refractivity contribution in [1.82, 2.24) is 19.5 Å². The zero-order chi connectivity index (χ0) is 28.3. The van der Waals surface area contributed by atoms with Crippen molar-refractivity contribution in [2.75, 3.05) is 24.6 Å². The van der Waals surface area contributed by atoms with Crippen LogP contribution in [0.1, 0.15) is 46.7 Å². The number of aromatic nitrogens is 4. The smallest absolute Gasteiger partial charge is 0.354 e. The van der Waals surface area contributed by atoms with Crippen molar-refractivity contribution >= 4 is 29.0 Å². The number of benzene rings is 1. The van der Waals surface area contributed by atoms with E-state index in [4.69, 9.17) is 19.7 Å². The molecule has 2 fully saturated rings. The lowest BCUT2D eigenvalue weighted by molar-refractivity contribution is -0.0588. The van der Waals surface area contributed by atoms with Crippen molar-refractivity contribution in [2.24, 2.45) is 0 Å². The molecule has 10 nitrogen and oxygen atoms in total. The molecule has 1 aromatic carbocycles. The lowest BCUT2D eigenvalue weighted by Gasteiger charge is -2.30. The molecule has 41 heavy (non-hydrogen) atoms. The van der Waals surface area contributed by atoms with E-state index in [-0.39, 0.29) is 24.0 Å². The first-order valence-electron chi connectivity index (χ1n) is 13.4. The summed E-state index contributed by atoms with van der Waals surface area (Å²) < 4.78 is 27.6.